The van der Waals surface area contributed by atoms with Gasteiger partial charge in [0, 0.05) is 0 Å². The van der Waals surface area contributed by atoms with E-state index in [4.69, 9.17) is 0 Å². The number of aliphatic imine (C=N–C) groups is 1. The van der Waals surface area contributed by atoms with Crippen molar-refractivity contribution in [3.63, 3.8) is 0 Å². The van der Waals surface area contributed by atoms with Crippen molar-refractivity contribution in [3.05, 3.63) is 0 Å². The highest BCUT2D eigenvalue weighted by Crippen LogP contribution is 2.18. The summed E-state index contributed by atoms with van der Waals surface area (Å²) in [5.41, 5.74) is -1.92. The number of alkyl halides is 3. The number of carbonyl (C=O) groups excluding carboxylic acids is 2. The fraction of sp³-hybridized carbons (Fsp3) is 0.625. The van der Waals surface area contributed by atoms with Crippen LogP contribution in [0.3, 0.4) is 0 Å². The first-order valence-electron chi connectivity index (χ1n) is 4.32. The van der Waals surface area contributed by atoms with Crippen molar-refractivity contribution >= 4 is 17.8 Å². The molecule has 16 heavy (non-hydrogen) atoms. The van der Waals surface area contributed by atoms with Crippen molar-refractivity contribution in [2.45, 2.75) is 20.0 Å². The van der Waals surface area contributed by atoms with Crippen LogP contribution < -0.4 is 0 Å². The van der Waals surface area contributed by atoms with Gasteiger partial charge in [0.2, 0.25) is 5.71 Å². The maximum absolute atomic E-state index is 12.3. The van der Waals surface area contributed by atoms with E-state index in [-0.39, 0.29) is 13.2 Å². The summed E-state index contributed by atoms with van der Waals surface area (Å²) in [7, 11) is 0. The summed E-state index contributed by atoms with van der Waals surface area (Å²) < 4.78 is 45.0. The lowest BCUT2D eigenvalue weighted by molar-refractivity contribution is -0.139. The van der Waals surface area contributed by atoms with Gasteiger partial charge in [-0.05, 0) is 13.8 Å². The Hall–Kier alpha value is -1.60. The van der Waals surface area contributed by atoms with Crippen LogP contribution in [0.5, 0.6) is 0 Å². The molecule has 0 fully saturated rings. The number of ether oxygens (including phenoxy) is 2. The molecule has 8 heteroatoms. The molecular weight excluding hydrogens is 231 g/mol. The molecule has 0 aliphatic rings. The Balaban J connectivity index is 4.95. The molecule has 0 aromatic carbocycles. The topological polar surface area (TPSA) is 65.0 Å². The minimum Gasteiger partial charge on any atom is -0.461 e. The Morgan fingerprint density at radius 1 is 1.12 bits per heavy atom. The predicted octanol–water partition coefficient (Wildman–Crippen LogP) is 1.71. The number of nitrogens with zero attached hydrogens (tertiary/aromatic N) is 1. The summed E-state index contributed by atoms with van der Waals surface area (Å²) in [5.74, 6) is -1.71. The van der Waals surface area contributed by atoms with Crippen LogP contribution in [0, 0.1) is 0 Å². The van der Waals surface area contributed by atoms with E-state index in [2.05, 4.69) is 14.5 Å². The second-order valence-electron chi connectivity index (χ2n) is 2.38. The van der Waals surface area contributed by atoms with Crippen LogP contribution in [0.4, 0.5) is 18.0 Å². The summed E-state index contributed by atoms with van der Waals surface area (Å²) >= 11 is 0. The first kappa shape index (κ1) is 14.4. The lowest BCUT2D eigenvalue weighted by atomic mass is 10.3. The van der Waals surface area contributed by atoms with Crippen molar-refractivity contribution in [2.75, 3.05) is 13.2 Å². The van der Waals surface area contributed by atoms with Gasteiger partial charge in [0.05, 0.1) is 13.2 Å². The molecule has 0 unspecified atom stereocenters. The van der Waals surface area contributed by atoms with E-state index in [1.807, 2.05) is 0 Å². The number of carbonyl (C=O) groups is 2. The van der Waals surface area contributed by atoms with Gasteiger partial charge in [0.15, 0.2) is 0 Å². The largest absolute Gasteiger partial charge is 0.461 e. The molecule has 0 saturated carbocycles. The van der Waals surface area contributed by atoms with Crippen LogP contribution in [0.1, 0.15) is 13.8 Å². The van der Waals surface area contributed by atoms with Crippen LogP contribution in [0.15, 0.2) is 4.99 Å². The monoisotopic (exact) mass is 241 g/mol. The Bertz CT molecular complexity index is 298. The molecular formula is C8H10F3NO4. The number of rotatable bonds is 3. The van der Waals surface area contributed by atoms with Crippen molar-refractivity contribution in [2.24, 2.45) is 4.99 Å². The average Bonchev–Trinajstić information content (AvgIpc) is 2.13. The summed E-state index contributed by atoms with van der Waals surface area (Å²) in [6.07, 6.45) is -6.54. The quantitative estimate of drug-likeness (QED) is 0.557. The Morgan fingerprint density at radius 2 is 1.62 bits per heavy atom. The second kappa shape index (κ2) is 6.09. The van der Waals surface area contributed by atoms with E-state index in [1.54, 1.807) is 0 Å². The molecule has 0 rings (SSSR count). The normalized spacial score (nSPS) is 12.2. The van der Waals surface area contributed by atoms with E-state index >= 15 is 0 Å². The van der Waals surface area contributed by atoms with Crippen molar-refractivity contribution in [1.82, 2.24) is 0 Å². The highest BCUT2D eigenvalue weighted by molar-refractivity contribution is 6.40. The van der Waals surface area contributed by atoms with Gasteiger partial charge in [-0.2, -0.15) is 18.2 Å². The molecule has 0 atom stereocenters. The molecule has 0 aromatic heterocycles. The van der Waals surface area contributed by atoms with E-state index in [0.29, 0.717) is 0 Å². The van der Waals surface area contributed by atoms with Crippen molar-refractivity contribution in [1.29, 1.82) is 0 Å². The number of esters is 1. The molecule has 0 aromatic rings. The minimum atomic E-state index is -5.06. The van der Waals surface area contributed by atoms with Gasteiger partial charge in [-0.3, -0.25) is 0 Å². The van der Waals surface area contributed by atoms with E-state index < -0.39 is 24.0 Å². The minimum absolute atomic E-state index is 0.143. The van der Waals surface area contributed by atoms with Crippen LogP contribution in [-0.2, 0) is 14.3 Å². The van der Waals surface area contributed by atoms with Gasteiger partial charge in [0.1, 0.15) is 0 Å². The van der Waals surface area contributed by atoms with Crippen LogP contribution >= 0.6 is 0 Å². The molecule has 5 nitrogen and oxygen atoms in total. The Morgan fingerprint density at radius 3 is 2.00 bits per heavy atom. The predicted molar refractivity (Wildman–Crippen MR) is 47.1 cm³/mol. The first-order valence-corrected chi connectivity index (χ1v) is 4.32. The fourth-order valence-corrected chi connectivity index (χ4v) is 0.671. The molecule has 0 N–H and O–H groups in total. The van der Waals surface area contributed by atoms with Gasteiger partial charge in [-0.1, -0.05) is 0 Å². The van der Waals surface area contributed by atoms with Gasteiger partial charge >= 0.3 is 18.2 Å². The zero-order chi connectivity index (χ0) is 12.8. The van der Waals surface area contributed by atoms with E-state index in [1.165, 1.54) is 13.8 Å². The molecule has 0 saturated heterocycles. The second-order valence-corrected chi connectivity index (χ2v) is 2.38. The summed E-state index contributed by atoms with van der Waals surface area (Å²) in [6.45, 7) is 2.33. The summed E-state index contributed by atoms with van der Waals surface area (Å²) in [4.78, 5) is 24.1. The van der Waals surface area contributed by atoms with Gasteiger partial charge in [-0.15, -0.1) is 0 Å². The lowest BCUT2D eigenvalue weighted by Gasteiger charge is -2.08. The molecule has 0 heterocycles. The van der Waals surface area contributed by atoms with E-state index in [0.717, 1.165) is 0 Å². The van der Waals surface area contributed by atoms with Crippen LogP contribution in [0.2, 0.25) is 0 Å². The molecule has 0 aliphatic heterocycles. The highest BCUT2D eigenvalue weighted by atomic mass is 19.4. The maximum Gasteiger partial charge on any atom is 0.440 e. The Labute approximate surface area is 89.2 Å². The third-order valence-corrected chi connectivity index (χ3v) is 1.21. The lowest BCUT2D eigenvalue weighted by Crippen LogP contribution is -2.33. The standard InChI is InChI=1S/C8H10F3NO4/c1-3-15-6(13)5(8(9,10)11)12-7(14)16-4-2/h3-4H2,1-2H3/b12-5-. The number of hydrogen-bond acceptors (Lipinski definition) is 4. The van der Waals surface area contributed by atoms with Gasteiger partial charge in [0.25, 0.3) is 0 Å². The first-order chi connectivity index (χ1) is 7.32. The SMILES string of the molecule is CCOC(=O)/N=C(/C(=O)OCC)C(F)(F)F. The smallest absolute Gasteiger partial charge is 0.440 e. The van der Waals surface area contributed by atoms with Gasteiger partial charge < -0.3 is 9.47 Å². The molecule has 0 aliphatic carbocycles. The molecule has 92 valence electrons. The van der Waals surface area contributed by atoms with Crippen LogP contribution in [-0.4, -0.2) is 37.2 Å². The molecule has 0 bridgehead atoms. The van der Waals surface area contributed by atoms with Crippen molar-refractivity contribution < 1.29 is 32.2 Å². The summed E-state index contributed by atoms with van der Waals surface area (Å²) in [6, 6.07) is 0. The average molecular weight is 241 g/mol. The number of hydrogen-bond donors (Lipinski definition) is 0. The number of amides is 1. The zero-order valence-corrected chi connectivity index (χ0v) is 8.63. The zero-order valence-electron chi connectivity index (χ0n) is 8.63. The van der Waals surface area contributed by atoms with E-state index in [9.17, 15) is 22.8 Å². The van der Waals surface area contributed by atoms with Gasteiger partial charge in [-0.25, -0.2) is 9.59 Å². The third-order valence-electron chi connectivity index (χ3n) is 1.21. The highest BCUT2D eigenvalue weighted by Gasteiger charge is 2.43. The third kappa shape index (κ3) is 4.76. The number of halogens is 3. The summed E-state index contributed by atoms with van der Waals surface area (Å²) in [5, 5.41) is 0. The Kier molecular flexibility index (Phi) is 5.48. The molecule has 1 amide bonds. The van der Waals surface area contributed by atoms with Crippen LogP contribution in [0.25, 0.3) is 0 Å². The fourth-order valence-electron chi connectivity index (χ4n) is 0.671. The van der Waals surface area contributed by atoms with Crippen molar-refractivity contribution in [3.8, 4) is 0 Å². The maximum atomic E-state index is 12.3. The molecule has 0 radical (unpaired) electrons. The molecule has 0 spiro atoms.